The first-order valence-electron chi connectivity index (χ1n) is 5.74. The Morgan fingerprint density at radius 1 is 0.900 bits per heavy atom. The highest BCUT2D eigenvalue weighted by Gasteiger charge is 2.61. The molecule has 2 aliphatic rings. The maximum absolute atomic E-state index is 11.8. The molecule has 108 valence electrons. The van der Waals surface area contributed by atoms with Crippen molar-refractivity contribution in [3.05, 3.63) is 59.8 Å². The van der Waals surface area contributed by atoms with Crippen molar-refractivity contribution in [3.63, 3.8) is 0 Å². The molecule has 0 bridgehead atoms. The van der Waals surface area contributed by atoms with Gasteiger partial charge in [0.25, 0.3) is 0 Å². The van der Waals surface area contributed by atoms with Gasteiger partial charge in [-0.2, -0.15) is 0 Å². The minimum absolute atomic E-state index is 0.0396. The Labute approximate surface area is 115 Å². The quantitative estimate of drug-likeness (QED) is 0.579. The van der Waals surface area contributed by atoms with Crippen LogP contribution in [0.5, 0.6) is 0 Å². The van der Waals surface area contributed by atoms with E-state index in [1.165, 1.54) is 18.2 Å². The first-order valence-corrected chi connectivity index (χ1v) is 8.96. The molecule has 0 saturated carbocycles. The Morgan fingerprint density at radius 3 is 2.00 bits per heavy atom. The van der Waals surface area contributed by atoms with Crippen LogP contribution in [0.3, 0.4) is 0 Å². The number of hydrogen-bond acceptors (Lipinski definition) is 2. The van der Waals surface area contributed by atoms with Crippen molar-refractivity contribution >= 4 is 15.2 Å². The third-order valence-electron chi connectivity index (χ3n) is 3.22. The summed E-state index contributed by atoms with van der Waals surface area (Å²) in [5, 5.41) is 0. The van der Waals surface area contributed by atoms with E-state index in [9.17, 15) is 28.7 Å². The molecule has 20 heavy (non-hydrogen) atoms. The Morgan fingerprint density at radius 2 is 1.50 bits per heavy atom. The summed E-state index contributed by atoms with van der Waals surface area (Å²) in [6.07, 6.45) is 12.1. The Hall–Kier alpha value is -1.00. The summed E-state index contributed by atoms with van der Waals surface area (Å²) < 4.78 is 23.7. The van der Waals surface area contributed by atoms with E-state index in [1.54, 1.807) is 24.3 Å². The monoisotopic (exact) mass is 316 g/mol. The zero-order valence-corrected chi connectivity index (χ0v) is 12.1. The van der Waals surface area contributed by atoms with Crippen LogP contribution in [0.1, 0.15) is 6.42 Å². The van der Waals surface area contributed by atoms with Crippen LogP contribution in [0.2, 0.25) is 0 Å². The maximum atomic E-state index is 11.8. The lowest BCUT2D eigenvalue weighted by Crippen LogP contribution is -2.30. The van der Waals surface area contributed by atoms with Crippen LogP contribution in [-0.4, -0.2) is 24.5 Å². The Balaban J connectivity index is 2.78. The summed E-state index contributed by atoms with van der Waals surface area (Å²) in [5.74, 6) is 0. The molecule has 4 N–H and O–H groups in total. The summed E-state index contributed by atoms with van der Waals surface area (Å²) in [6.45, 7) is 0. The average Bonchev–Trinajstić information content (AvgIpc) is 2.37. The first kappa shape index (κ1) is 15.4. The largest absolute Gasteiger partial charge is 0.352 e. The zero-order chi connectivity index (χ0) is 15.0. The van der Waals surface area contributed by atoms with Crippen molar-refractivity contribution in [2.24, 2.45) is 0 Å². The predicted octanol–water partition coefficient (Wildman–Crippen LogP) is 1.98. The molecule has 0 spiro atoms. The molecule has 2 aliphatic carbocycles. The second-order valence-electron chi connectivity index (χ2n) is 4.46. The molecule has 0 amide bonds. The fourth-order valence-electron chi connectivity index (χ4n) is 2.29. The Kier molecular flexibility index (Phi) is 3.91. The minimum atomic E-state index is -5.13. The van der Waals surface area contributed by atoms with E-state index < -0.39 is 20.1 Å². The minimum Gasteiger partial charge on any atom is -0.323 e. The van der Waals surface area contributed by atoms with Gasteiger partial charge in [-0.25, -0.2) is 0 Å². The van der Waals surface area contributed by atoms with E-state index in [0.29, 0.717) is 12.0 Å². The molecule has 0 unspecified atom stereocenters. The van der Waals surface area contributed by atoms with Gasteiger partial charge in [0, 0.05) is 0 Å². The van der Waals surface area contributed by atoms with E-state index in [0.717, 1.165) is 6.08 Å². The van der Waals surface area contributed by atoms with Gasteiger partial charge in [0.1, 0.15) is 0 Å². The summed E-state index contributed by atoms with van der Waals surface area (Å²) in [4.78, 5) is 35.7. The Bertz CT molecular complexity index is 633. The molecular formula is C12H14O6P2. The second kappa shape index (κ2) is 5.08. The van der Waals surface area contributed by atoms with E-state index in [-0.39, 0.29) is 5.57 Å². The van der Waals surface area contributed by atoms with E-state index in [2.05, 4.69) is 0 Å². The van der Waals surface area contributed by atoms with Crippen molar-refractivity contribution in [1.29, 1.82) is 0 Å². The molecule has 0 aromatic carbocycles. The molecule has 0 heterocycles. The third-order valence-corrected chi connectivity index (χ3v) is 7.34. The summed E-state index contributed by atoms with van der Waals surface area (Å²) in [6, 6.07) is 0. The first-order chi connectivity index (χ1) is 9.20. The van der Waals surface area contributed by atoms with Gasteiger partial charge in [0.05, 0.1) is 0 Å². The van der Waals surface area contributed by atoms with Gasteiger partial charge in [-0.15, -0.1) is 0 Å². The third kappa shape index (κ3) is 2.35. The molecule has 2 rings (SSSR count). The van der Waals surface area contributed by atoms with Gasteiger partial charge in [-0.05, 0) is 23.6 Å². The molecule has 0 aliphatic heterocycles. The van der Waals surface area contributed by atoms with Gasteiger partial charge < -0.3 is 19.6 Å². The SMILES string of the molecule is O=P(O)(O)C1(P(=O)(O)O)C=CC=CC1=C1C=CC=CC1. The molecule has 0 aromatic heterocycles. The van der Waals surface area contributed by atoms with Crippen molar-refractivity contribution in [1.82, 2.24) is 0 Å². The van der Waals surface area contributed by atoms with E-state index in [1.807, 2.05) is 0 Å². The molecule has 0 atom stereocenters. The van der Waals surface area contributed by atoms with E-state index >= 15 is 0 Å². The van der Waals surface area contributed by atoms with Crippen LogP contribution in [0.4, 0.5) is 0 Å². The predicted molar refractivity (Wildman–Crippen MR) is 75.0 cm³/mol. The maximum Gasteiger partial charge on any atom is 0.352 e. The van der Waals surface area contributed by atoms with Gasteiger partial charge in [-0.3, -0.25) is 9.13 Å². The molecule has 0 fully saturated rings. The standard InChI is InChI=1S/C12H14O6P2/c13-19(14,15)12(20(16,17)18)9-5-4-8-11(12)10-6-2-1-3-7-10/h1-6,8-9H,7H2,(H2,13,14,15)(H2,16,17,18). The molecule has 0 radical (unpaired) electrons. The number of allylic oxidation sites excluding steroid dienone is 10. The fraction of sp³-hybridized carbons (Fsp3) is 0.167. The van der Waals surface area contributed by atoms with Crippen molar-refractivity contribution < 1.29 is 28.7 Å². The molecule has 0 saturated heterocycles. The zero-order valence-electron chi connectivity index (χ0n) is 10.3. The number of rotatable bonds is 2. The second-order valence-corrected chi connectivity index (χ2v) is 8.40. The number of hydrogen-bond donors (Lipinski definition) is 4. The molecular weight excluding hydrogens is 302 g/mol. The highest BCUT2D eigenvalue weighted by Crippen LogP contribution is 2.74. The van der Waals surface area contributed by atoms with Gasteiger partial charge >= 0.3 is 15.2 Å². The highest BCUT2D eigenvalue weighted by atomic mass is 31.2. The average molecular weight is 316 g/mol. The van der Waals surface area contributed by atoms with Gasteiger partial charge in [0.15, 0.2) is 0 Å². The van der Waals surface area contributed by atoms with Crippen molar-refractivity contribution in [3.8, 4) is 0 Å². The van der Waals surface area contributed by atoms with Crippen LogP contribution in [0, 0.1) is 0 Å². The lowest BCUT2D eigenvalue weighted by molar-refractivity contribution is 0.331. The smallest absolute Gasteiger partial charge is 0.323 e. The van der Waals surface area contributed by atoms with Crippen LogP contribution in [-0.2, 0) is 9.13 Å². The van der Waals surface area contributed by atoms with E-state index in [4.69, 9.17) is 0 Å². The van der Waals surface area contributed by atoms with Crippen LogP contribution < -0.4 is 0 Å². The van der Waals surface area contributed by atoms with Crippen LogP contribution in [0.15, 0.2) is 59.8 Å². The molecule has 8 heteroatoms. The van der Waals surface area contributed by atoms with Crippen molar-refractivity contribution in [2.45, 2.75) is 11.3 Å². The summed E-state index contributed by atoms with van der Waals surface area (Å²) in [7, 11) is -10.3. The molecule has 0 aromatic rings. The normalized spacial score (nSPS) is 25.2. The lowest BCUT2D eigenvalue weighted by atomic mass is 9.95. The highest BCUT2D eigenvalue weighted by molar-refractivity contribution is 7.73. The van der Waals surface area contributed by atoms with Crippen molar-refractivity contribution in [2.75, 3.05) is 0 Å². The lowest BCUT2D eigenvalue weighted by Gasteiger charge is -2.35. The van der Waals surface area contributed by atoms with Crippen LogP contribution >= 0.6 is 15.2 Å². The summed E-state index contributed by atoms with van der Waals surface area (Å²) >= 11 is 0. The topological polar surface area (TPSA) is 115 Å². The van der Waals surface area contributed by atoms with Gasteiger partial charge in [0.2, 0.25) is 4.90 Å². The molecule has 6 nitrogen and oxygen atoms in total. The fourth-order valence-corrected chi connectivity index (χ4v) is 5.27. The van der Waals surface area contributed by atoms with Gasteiger partial charge in [-0.1, -0.05) is 42.5 Å². The summed E-state index contributed by atoms with van der Waals surface area (Å²) in [5.41, 5.74) is 0.432. The van der Waals surface area contributed by atoms with Crippen LogP contribution in [0.25, 0.3) is 0 Å².